The van der Waals surface area contributed by atoms with Gasteiger partial charge in [0.1, 0.15) is 5.69 Å². The molecule has 0 amide bonds. The van der Waals surface area contributed by atoms with Crippen LogP contribution in [0.15, 0.2) is 76.1 Å². The molecule has 29 heavy (non-hydrogen) atoms. The molecule has 7 heteroatoms. The lowest BCUT2D eigenvalue weighted by Crippen LogP contribution is -2.13. The summed E-state index contributed by atoms with van der Waals surface area (Å²) in [5, 5.41) is 9.09. The summed E-state index contributed by atoms with van der Waals surface area (Å²) >= 11 is 3.54. The van der Waals surface area contributed by atoms with E-state index >= 15 is 0 Å². The number of nitriles is 1. The van der Waals surface area contributed by atoms with Crippen LogP contribution < -0.4 is 5.56 Å². The van der Waals surface area contributed by atoms with E-state index in [4.69, 9.17) is 10.2 Å². The van der Waals surface area contributed by atoms with Crippen LogP contribution in [0.1, 0.15) is 5.56 Å². The van der Waals surface area contributed by atoms with Gasteiger partial charge >= 0.3 is 0 Å². The fourth-order valence-electron chi connectivity index (χ4n) is 3.35. The molecule has 0 aliphatic rings. The predicted molar refractivity (Wildman–Crippen MR) is 114 cm³/mol. The molecule has 3 heterocycles. The topological polar surface area (TPSA) is 86.8 Å². The van der Waals surface area contributed by atoms with E-state index in [1.54, 1.807) is 12.1 Å². The summed E-state index contributed by atoms with van der Waals surface area (Å²) in [6.45, 7) is 0. The van der Waals surface area contributed by atoms with Crippen LogP contribution >= 0.6 is 15.9 Å². The van der Waals surface area contributed by atoms with E-state index in [0.717, 1.165) is 10.0 Å². The first-order chi connectivity index (χ1) is 14.2. The molecule has 3 aromatic heterocycles. The minimum absolute atomic E-state index is 0.286. The van der Waals surface area contributed by atoms with Crippen LogP contribution in [0.4, 0.5) is 0 Å². The first-order valence-electron chi connectivity index (χ1n) is 8.82. The van der Waals surface area contributed by atoms with Crippen LogP contribution in [0.3, 0.4) is 0 Å². The SMILES string of the molecule is N#Cc1ccc(-c2nc3c(Br)cccn3c2-c2nc3ccccc3[nH]c2=O)cc1. The second kappa shape index (κ2) is 6.69. The number of nitrogens with one attached hydrogen (secondary N) is 1. The molecular weight excluding hydrogens is 430 g/mol. The Kier molecular flexibility index (Phi) is 4.00. The normalized spacial score (nSPS) is 11.0. The predicted octanol–water partition coefficient (Wildman–Crippen LogP) is 4.54. The summed E-state index contributed by atoms with van der Waals surface area (Å²) in [6.07, 6.45) is 1.85. The van der Waals surface area contributed by atoms with Crippen LogP contribution in [-0.2, 0) is 0 Å². The molecule has 0 aliphatic carbocycles. The smallest absolute Gasteiger partial charge is 0.276 e. The molecule has 0 saturated carbocycles. The largest absolute Gasteiger partial charge is 0.319 e. The number of aromatic nitrogens is 4. The highest BCUT2D eigenvalue weighted by molar-refractivity contribution is 9.10. The summed E-state index contributed by atoms with van der Waals surface area (Å²) in [4.78, 5) is 25.3. The van der Waals surface area contributed by atoms with E-state index in [1.165, 1.54) is 0 Å². The number of nitrogens with zero attached hydrogens (tertiary/aromatic N) is 4. The number of benzene rings is 2. The van der Waals surface area contributed by atoms with Crippen molar-refractivity contribution in [2.75, 3.05) is 0 Å². The minimum atomic E-state index is -0.291. The monoisotopic (exact) mass is 441 g/mol. The molecule has 2 aromatic carbocycles. The highest BCUT2D eigenvalue weighted by Crippen LogP contribution is 2.33. The average molecular weight is 442 g/mol. The van der Waals surface area contributed by atoms with E-state index in [-0.39, 0.29) is 11.3 Å². The molecule has 0 radical (unpaired) electrons. The van der Waals surface area contributed by atoms with Gasteiger partial charge in [-0.25, -0.2) is 9.97 Å². The number of para-hydroxylation sites is 2. The number of rotatable bonds is 2. The summed E-state index contributed by atoms with van der Waals surface area (Å²) in [5.74, 6) is 0. The molecule has 0 spiro atoms. The van der Waals surface area contributed by atoms with Gasteiger partial charge in [-0.2, -0.15) is 5.26 Å². The fourth-order valence-corrected chi connectivity index (χ4v) is 3.79. The van der Waals surface area contributed by atoms with Crippen molar-refractivity contribution in [1.82, 2.24) is 19.4 Å². The number of halogens is 1. The number of hydrogen-bond acceptors (Lipinski definition) is 4. The van der Waals surface area contributed by atoms with Crippen molar-refractivity contribution in [1.29, 1.82) is 5.26 Å². The summed E-state index contributed by atoms with van der Waals surface area (Å²) < 4.78 is 2.66. The average Bonchev–Trinajstić information content (AvgIpc) is 3.14. The maximum absolute atomic E-state index is 12.9. The third kappa shape index (κ3) is 2.82. The number of H-pyrrole nitrogens is 1. The first-order valence-corrected chi connectivity index (χ1v) is 9.61. The van der Waals surface area contributed by atoms with Gasteiger partial charge in [0.2, 0.25) is 0 Å². The third-order valence-corrected chi connectivity index (χ3v) is 5.33. The number of imidazole rings is 1. The number of pyridine rings is 1. The van der Waals surface area contributed by atoms with Crippen molar-refractivity contribution in [2.24, 2.45) is 0 Å². The number of aromatic amines is 1. The zero-order valence-electron chi connectivity index (χ0n) is 14.9. The Bertz CT molecular complexity index is 1490. The lowest BCUT2D eigenvalue weighted by Gasteiger charge is -2.06. The third-order valence-electron chi connectivity index (χ3n) is 4.71. The fraction of sp³-hybridized carbons (Fsp3) is 0. The van der Waals surface area contributed by atoms with Gasteiger partial charge in [0, 0.05) is 11.8 Å². The molecule has 5 rings (SSSR count). The van der Waals surface area contributed by atoms with Crippen molar-refractivity contribution in [3.8, 4) is 28.7 Å². The number of hydrogen-bond donors (Lipinski definition) is 1. The molecule has 0 aliphatic heterocycles. The van der Waals surface area contributed by atoms with Gasteiger partial charge in [0.15, 0.2) is 11.3 Å². The van der Waals surface area contributed by atoms with Crippen molar-refractivity contribution in [2.45, 2.75) is 0 Å². The molecule has 5 aromatic rings. The lowest BCUT2D eigenvalue weighted by atomic mass is 10.1. The molecule has 0 bridgehead atoms. The van der Waals surface area contributed by atoms with Crippen molar-refractivity contribution in [3.63, 3.8) is 0 Å². The van der Waals surface area contributed by atoms with Crippen LogP contribution in [0, 0.1) is 11.3 Å². The Hall–Kier alpha value is -3.76. The van der Waals surface area contributed by atoms with Crippen molar-refractivity contribution < 1.29 is 0 Å². The molecule has 0 fully saturated rings. The van der Waals surface area contributed by atoms with Gasteiger partial charge in [-0.1, -0.05) is 24.3 Å². The van der Waals surface area contributed by atoms with Gasteiger partial charge in [-0.3, -0.25) is 9.20 Å². The highest BCUT2D eigenvalue weighted by atomic mass is 79.9. The molecule has 0 unspecified atom stereocenters. The van der Waals surface area contributed by atoms with Crippen LogP contribution in [0.25, 0.3) is 39.3 Å². The Morgan fingerprint density at radius 2 is 1.76 bits per heavy atom. The highest BCUT2D eigenvalue weighted by Gasteiger charge is 2.21. The van der Waals surface area contributed by atoms with E-state index < -0.39 is 0 Å². The van der Waals surface area contributed by atoms with Gasteiger partial charge in [0.25, 0.3) is 5.56 Å². The molecule has 138 valence electrons. The van der Waals surface area contributed by atoms with Gasteiger partial charge in [0.05, 0.1) is 32.8 Å². The molecule has 6 nitrogen and oxygen atoms in total. The van der Waals surface area contributed by atoms with Gasteiger partial charge in [-0.05, 0) is 52.3 Å². The summed E-state index contributed by atoms with van der Waals surface area (Å²) in [7, 11) is 0. The van der Waals surface area contributed by atoms with Crippen molar-refractivity contribution >= 4 is 32.6 Å². The van der Waals surface area contributed by atoms with Gasteiger partial charge in [-0.15, -0.1) is 0 Å². The Labute approximate surface area is 173 Å². The first kappa shape index (κ1) is 17.3. The van der Waals surface area contributed by atoms with E-state index in [2.05, 4.69) is 32.0 Å². The maximum Gasteiger partial charge on any atom is 0.276 e. The molecule has 1 N–H and O–H groups in total. The standard InChI is InChI=1S/C22H12BrN5O/c23-15-4-3-11-28-20(19-22(29)26-17-6-2-1-5-16(17)25-19)18(27-21(15)28)14-9-7-13(12-24)8-10-14/h1-11H,(H,26,29). The molecule has 0 atom stereocenters. The minimum Gasteiger partial charge on any atom is -0.319 e. The number of fused-ring (bicyclic) bond motifs is 2. The Morgan fingerprint density at radius 1 is 0.966 bits per heavy atom. The molecular formula is C22H12BrN5O. The van der Waals surface area contributed by atoms with Crippen molar-refractivity contribution in [3.05, 3.63) is 87.3 Å². The summed E-state index contributed by atoms with van der Waals surface area (Å²) in [5.41, 5.74) is 4.61. The van der Waals surface area contributed by atoms with E-state index in [0.29, 0.717) is 33.6 Å². The van der Waals surface area contributed by atoms with E-state index in [1.807, 2.05) is 59.1 Å². The second-order valence-electron chi connectivity index (χ2n) is 6.48. The molecule has 0 saturated heterocycles. The zero-order valence-corrected chi connectivity index (χ0v) is 16.5. The Morgan fingerprint density at radius 3 is 2.55 bits per heavy atom. The lowest BCUT2D eigenvalue weighted by molar-refractivity contribution is 1.14. The second-order valence-corrected chi connectivity index (χ2v) is 7.33. The quantitative estimate of drug-likeness (QED) is 0.435. The summed E-state index contributed by atoms with van der Waals surface area (Å²) in [6, 6.07) is 20.4. The van der Waals surface area contributed by atoms with Crippen LogP contribution in [-0.4, -0.2) is 19.4 Å². The van der Waals surface area contributed by atoms with Crippen LogP contribution in [0.2, 0.25) is 0 Å². The van der Waals surface area contributed by atoms with Crippen LogP contribution in [0.5, 0.6) is 0 Å². The van der Waals surface area contributed by atoms with Gasteiger partial charge < -0.3 is 4.98 Å². The Balaban J connectivity index is 1.87. The van der Waals surface area contributed by atoms with E-state index in [9.17, 15) is 4.79 Å². The zero-order chi connectivity index (χ0) is 20.0. The maximum atomic E-state index is 12.9.